The molecule has 3 unspecified atom stereocenters. The van der Waals surface area contributed by atoms with Gasteiger partial charge in [-0.1, -0.05) is 95.9 Å². The zero-order chi connectivity index (χ0) is 29.9. The smallest absolute Gasteiger partial charge is 0.407 e. The minimum Gasteiger partial charge on any atom is -0.461 e. The molecule has 0 aliphatic heterocycles. The van der Waals surface area contributed by atoms with E-state index in [9.17, 15) is 9.59 Å². The first kappa shape index (κ1) is 31.1. The third kappa shape index (κ3) is 6.60. The van der Waals surface area contributed by atoms with Gasteiger partial charge in [0.2, 0.25) is 0 Å². The summed E-state index contributed by atoms with van der Waals surface area (Å²) in [5.74, 6) is 4.56. The summed E-state index contributed by atoms with van der Waals surface area (Å²) in [6.07, 6.45) is 15.6. The Balaban J connectivity index is 1.12. The number of alkyl carbamates (subject to hydrolysis) is 1. The monoisotopic (exact) mass is 577 g/mol. The van der Waals surface area contributed by atoms with E-state index in [1.165, 1.54) is 56.9 Å². The van der Waals surface area contributed by atoms with Crippen LogP contribution in [0.3, 0.4) is 0 Å². The number of rotatable bonds is 10. The minimum absolute atomic E-state index is 0.105. The van der Waals surface area contributed by atoms with Gasteiger partial charge in [0.25, 0.3) is 0 Å². The minimum atomic E-state index is -0.601. The van der Waals surface area contributed by atoms with Crippen molar-refractivity contribution in [3.63, 3.8) is 0 Å². The van der Waals surface area contributed by atoms with Crippen molar-refractivity contribution in [2.24, 2.45) is 46.3 Å². The van der Waals surface area contributed by atoms with E-state index < -0.39 is 6.09 Å². The molecule has 5 nitrogen and oxygen atoms in total. The van der Waals surface area contributed by atoms with Crippen LogP contribution >= 0.6 is 0 Å². The van der Waals surface area contributed by atoms with Gasteiger partial charge >= 0.3 is 12.1 Å². The number of carbonyl (C=O) groups excluding carboxylic acids is 2. The molecule has 1 aromatic rings. The number of nitrogens with one attached hydrogen (secondary N) is 1. The van der Waals surface area contributed by atoms with Gasteiger partial charge in [-0.15, -0.1) is 0 Å². The van der Waals surface area contributed by atoms with Crippen LogP contribution in [-0.2, 0) is 20.9 Å². The van der Waals surface area contributed by atoms with E-state index in [1.54, 1.807) is 0 Å². The summed E-state index contributed by atoms with van der Waals surface area (Å²) in [6.45, 7) is 12.4. The quantitative estimate of drug-likeness (QED) is 0.223. The van der Waals surface area contributed by atoms with Gasteiger partial charge in [0, 0.05) is 6.42 Å². The van der Waals surface area contributed by atoms with Gasteiger partial charge in [-0.2, -0.15) is 0 Å². The molecular formula is C37H55NO4. The lowest BCUT2D eigenvalue weighted by molar-refractivity contribution is -0.150. The molecule has 0 aromatic heterocycles. The van der Waals surface area contributed by atoms with Crippen LogP contribution in [-0.4, -0.2) is 24.7 Å². The lowest BCUT2D eigenvalue weighted by Gasteiger charge is -2.58. The average molecular weight is 578 g/mol. The van der Waals surface area contributed by atoms with Crippen LogP contribution in [0.1, 0.15) is 111 Å². The number of hydrogen-bond donors (Lipinski definition) is 1. The standard InChI is InChI=1S/C37H55NO4/c1-25(2)10-9-11-26(3)31-16-17-32-30-15-14-28-22-29(18-20-36(28,4)33(30)19-21-37(31,32)5)42-34(39)23-38-35(40)41-24-27-12-7-6-8-13-27/h6-8,12-14,25-26,29-33H,9-11,15-24H2,1-5H3,(H,38,40)/t26-,29+,30?,31-,32?,33?,36+,37-/m1/s1. The fraction of sp³-hybridized carbons (Fsp3) is 0.730. The molecule has 1 N–H and O–H groups in total. The molecule has 1 amide bonds. The number of hydrogen-bond acceptors (Lipinski definition) is 4. The van der Waals surface area contributed by atoms with Crippen molar-refractivity contribution in [3.8, 4) is 0 Å². The first-order valence-electron chi connectivity index (χ1n) is 16.9. The zero-order valence-corrected chi connectivity index (χ0v) is 26.8. The highest BCUT2D eigenvalue weighted by Gasteiger charge is 2.59. The van der Waals surface area contributed by atoms with E-state index in [2.05, 4.69) is 46.0 Å². The Labute approximate surface area is 254 Å². The molecule has 0 heterocycles. The Hall–Kier alpha value is -2.30. The molecule has 5 rings (SSSR count). The summed E-state index contributed by atoms with van der Waals surface area (Å²) in [5.41, 5.74) is 3.16. The van der Waals surface area contributed by atoms with Crippen molar-refractivity contribution < 1.29 is 19.1 Å². The molecule has 4 aliphatic rings. The second-order valence-corrected chi connectivity index (χ2v) is 15.1. The van der Waals surface area contributed by atoms with Crippen LogP contribution in [0.25, 0.3) is 0 Å². The molecule has 3 saturated carbocycles. The Morgan fingerprint density at radius 2 is 1.76 bits per heavy atom. The van der Waals surface area contributed by atoms with Crippen LogP contribution in [0.15, 0.2) is 42.0 Å². The third-order valence-corrected chi connectivity index (χ3v) is 12.1. The maximum absolute atomic E-state index is 12.6. The predicted octanol–water partition coefficient (Wildman–Crippen LogP) is 8.87. The van der Waals surface area contributed by atoms with Crippen molar-refractivity contribution in [3.05, 3.63) is 47.5 Å². The molecule has 3 fully saturated rings. The lowest BCUT2D eigenvalue weighted by Crippen LogP contribution is -2.51. The largest absolute Gasteiger partial charge is 0.461 e. The average Bonchev–Trinajstić information content (AvgIpc) is 3.33. The van der Waals surface area contributed by atoms with Crippen LogP contribution in [0.4, 0.5) is 4.79 Å². The van der Waals surface area contributed by atoms with Crippen molar-refractivity contribution in [1.82, 2.24) is 5.32 Å². The zero-order valence-electron chi connectivity index (χ0n) is 26.8. The molecule has 0 saturated heterocycles. The fourth-order valence-corrected chi connectivity index (χ4v) is 9.90. The van der Waals surface area contributed by atoms with Gasteiger partial charge in [-0.25, -0.2) is 4.79 Å². The highest BCUT2D eigenvalue weighted by molar-refractivity contribution is 5.78. The normalized spacial score (nSPS) is 34.4. The Bertz CT molecular complexity index is 1110. The summed E-state index contributed by atoms with van der Waals surface area (Å²) in [4.78, 5) is 24.6. The van der Waals surface area contributed by atoms with Crippen molar-refractivity contribution in [1.29, 1.82) is 0 Å². The second kappa shape index (κ2) is 13.1. The Kier molecular flexibility index (Phi) is 9.74. The maximum atomic E-state index is 12.6. The summed E-state index contributed by atoms with van der Waals surface area (Å²) in [6, 6.07) is 9.51. The molecule has 4 aliphatic carbocycles. The topological polar surface area (TPSA) is 64.6 Å². The summed E-state index contributed by atoms with van der Waals surface area (Å²) in [5, 5.41) is 2.55. The number of amides is 1. The van der Waals surface area contributed by atoms with Crippen molar-refractivity contribution >= 4 is 12.1 Å². The number of allylic oxidation sites excluding steroid dienone is 1. The third-order valence-electron chi connectivity index (χ3n) is 12.1. The molecule has 8 atom stereocenters. The van der Waals surface area contributed by atoms with Crippen molar-refractivity contribution in [2.45, 2.75) is 118 Å². The van der Waals surface area contributed by atoms with E-state index in [0.717, 1.165) is 60.3 Å². The van der Waals surface area contributed by atoms with Crippen LogP contribution in [0, 0.1) is 46.3 Å². The van der Waals surface area contributed by atoms with Gasteiger partial charge < -0.3 is 14.8 Å². The first-order valence-corrected chi connectivity index (χ1v) is 16.9. The molecular weight excluding hydrogens is 522 g/mol. The van der Waals surface area contributed by atoms with E-state index in [1.807, 2.05) is 30.3 Å². The fourth-order valence-electron chi connectivity index (χ4n) is 9.90. The molecule has 5 heteroatoms. The van der Waals surface area contributed by atoms with Gasteiger partial charge in [-0.3, -0.25) is 4.79 Å². The van der Waals surface area contributed by atoms with E-state index in [-0.39, 0.29) is 30.6 Å². The molecule has 42 heavy (non-hydrogen) atoms. The van der Waals surface area contributed by atoms with Gasteiger partial charge in [0.1, 0.15) is 19.3 Å². The lowest BCUT2D eigenvalue weighted by atomic mass is 9.47. The molecule has 0 radical (unpaired) electrons. The second-order valence-electron chi connectivity index (χ2n) is 15.1. The predicted molar refractivity (Wildman–Crippen MR) is 168 cm³/mol. The number of esters is 1. The summed E-state index contributed by atoms with van der Waals surface area (Å²) < 4.78 is 11.1. The summed E-state index contributed by atoms with van der Waals surface area (Å²) >= 11 is 0. The number of fused-ring (bicyclic) bond motifs is 5. The molecule has 1 aromatic carbocycles. The maximum Gasteiger partial charge on any atom is 0.407 e. The molecule has 232 valence electrons. The first-order chi connectivity index (χ1) is 20.1. The number of ether oxygens (including phenoxy) is 2. The van der Waals surface area contributed by atoms with Gasteiger partial charge in [0.15, 0.2) is 0 Å². The van der Waals surface area contributed by atoms with Gasteiger partial charge in [0.05, 0.1) is 0 Å². The number of benzene rings is 1. The Morgan fingerprint density at radius 3 is 2.52 bits per heavy atom. The van der Waals surface area contributed by atoms with Crippen LogP contribution < -0.4 is 5.32 Å². The SMILES string of the molecule is CC(C)CCC[C@@H](C)[C@H]1CCC2C3CC=C4C[C@@H](OC(=O)CNC(=O)OCc5ccccc5)CC[C@]4(C)C3CC[C@@]21C. The van der Waals surface area contributed by atoms with E-state index in [0.29, 0.717) is 5.41 Å². The van der Waals surface area contributed by atoms with E-state index >= 15 is 0 Å². The van der Waals surface area contributed by atoms with Crippen LogP contribution in [0.2, 0.25) is 0 Å². The molecule has 0 spiro atoms. The Morgan fingerprint density at radius 1 is 0.976 bits per heavy atom. The van der Waals surface area contributed by atoms with Crippen LogP contribution in [0.5, 0.6) is 0 Å². The van der Waals surface area contributed by atoms with Gasteiger partial charge in [-0.05, 0) is 96.8 Å². The summed E-state index contributed by atoms with van der Waals surface area (Å²) in [7, 11) is 0. The highest BCUT2D eigenvalue weighted by Crippen LogP contribution is 2.67. The van der Waals surface area contributed by atoms with Crippen molar-refractivity contribution in [2.75, 3.05) is 6.54 Å². The van der Waals surface area contributed by atoms with E-state index in [4.69, 9.17) is 9.47 Å². The highest BCUT2D eigenvalue weighted by atomic mass is 16.6. The number of carbonyl (C=O) groups is 2. The molecule has 0 bridgehead atoms.